The van der Waals surface area contributed by atoms with Gasteiger partial charge in [0.25, 0.3) is 0 Å². The molecule has 2 rings (SSSR count). The van der Waals surface area contributed by atoms with Crippen molar-refractivity contribution in [2.24, 2.45) is 22.7 Å². The Morgan fingerprint density at radius 2 is 1.87 bits per heavy atom. The van der Waals surface area contributed by atoms with Gasteiger partial charge in [-0.05, 0) is 42.2 Å². The number of allylic oxidation sites excluding steroid dienone is 1. The lowest BCUT2D eigenvalue weighted by Gasteiger charge is -2.40. The number of aldehydes is 1. The van der Waals surface area contributed by atoms with E-state index in [0.29, 0.717) is 18.4 Å². The average Bonchev–Trinajstić information content (AvgIpc) is 2.65. The summed E-state index contributed by atoms with van der Waals surface area (Å²) in [6, 6.07) is 0. The third-order valence-corrected chi connectivity index (χ3v) is 5.44. The van der Waals surface area contributed by atoms with E-state index in [1.807, 2.05) is 13.8 Å². The number of ether oxygens (including phenoxy) is 2. The van der Waals surface area contributed by atoms with Crippen LogP contribution >= 0.6 is 0 Å². The lowest BCUT2D eigenvalue weighted by molar-refractivity contribution is -0.151. The first-order chi connectivity index (χ1) is 10.6. The van der Waals surface area contributed by atoms with E-state index in [2.05, 4.69) is 13.8 Å². The zero-order chi connectivity index (χ0) is 17.6. The summed E-state index contributed by atoms with van der Waals surface area (Å²) in [6.07, 6.45) is 1.71. The summed E-state index contributed by atoms with van der Waals surface area (Å²) in [7, 11) is 1.37. The molecule has 128 valence electrons. The highest BCUT2D eigenvalue weighted by molar-refractivity contribution is 5.86. The molecule has 1 fully saturated rings. The van der Waals surface area contributed by atoms with Crippen LogP contribution in [0.25, 0.3) is 0 Å². The zero-order valence-corrected chi connectivity index (χ0v) is 14.8. The highest BCUT2D eigenvalue weighted by Gasteiger charge is 2.61. The molecule has 2 aliphatic carbocycles. The number of carbonyl (C=O) groups is 3. The summed E-state index contributed by atoms with van der Waals surface area (Å²) in [5, 5.41) is 0. The van der Waals surface area contributed by atoms with Gasteiger partial charge in [-0.2, -0.15) is 0 Å². The number of hydrogen-bond donors (Lipinski definition) is 0. The van der Waals surface area contributed by atoms with Crippen molar-refractivity contribution in [2.75, 3.05) is 7.11 Å². The average molecular weight is 322 g/mol. The Hall–Kier alpha value is -1.65. The monoisotopic (exact) mass is 322 g/mol. The molecule has 23 heavy (non-hydrogen) atoms. The first-order valence-corrected chi connectivity index (χ1v) is 8.04. The van der Waals surface area contributed by atoms with E-state index in [4.69, 9.17) is 9.47 Å². The smallest absolute Gasteiger partial charge is 0.315 e. The minimum absolute atomic E-state index is 0.0546. The molecule has 2 aliphatic rings. The fourth-order valence-electron chi connectivity index (χ4n) is 4.83. The second kappa shape index (κ2) is 5.77. The van der Waals surface area contributed by atoms with Gasteiger partial charge in [-0.1, -0.05) is 20.8 Å². The maximum Gasteiger partial charge on any atom is 0.315 e. The Labute approximate surface area is 137 Å². The molecule has 0 unspecified atom stereocenters. The predicted molar refractivity (Wildman–Crippen MR) is 84.4 cm³/mol. The van der Waals surface area contributed by atoms with E-state index in [0.717, 1.165) is 11.9 Å². The van der Waals surface area contributed by atoms with E-state index in [-0.39, 0.29) is 35.3 Å². The van der Waals surface area contributed by atoms with Crippen LogP contribution in [0.2, 0.25) is 0 Å². The molecule has 0 bridgehead atoms. The molecule has 0 heterocycles. The molecule has 0 N–H and O–H groups in total. The number of rotatable bonds is 3. The van der Waals surface area contributed by atoms with Crippen LogP contribution in [0.4, 0.5) is 0 Å². The molecule has 0 saturated heterocycles. The van der Waals surface area contributed by atoms with Crippen LogP contribution < -0.4 is 0 Å². The van der Waals surface area contributed by atoms with E-state index in [1.54, 1.807) is 0 Å². The van der Waals surface area contributed by atoms with Crippen molar-refractivity contribution in [1.29, 1.82) is 0 Å². The minimum Gasteiger partial charge on any atom is -0.468 e. The van der Waals surface area contributed by atoms with Crippen molar-refractivity contribution in [1.82, 2.24) is 0 Å². The van der Waals surface area contributed by atoms with Crippen molar-refractivity contribution in [3.05, 3.63) is 11.1 Å². The fourth-order valence-corrected chi connectivity index (χ4v) is 4.83. The topological polar surface area (TPSA) is 69.7 Å². The molecule has 4 atom stereocenters. The molecule has 1 saturated carbocycles. The summed E-state index contributed by atoms with van der Waals surface area (Å²) < 4.78 is 10.6. The number of esters is 2. The van der Waals surface area contributed by atoms with Gasteiger partial charge in [0.1, 0.15) is 12.4 Å². The van der Waals surface area contributed by atoms with Crippen LogP contribution in [-0.4, -0.2) is 31.4 Å². The first-order valence-electron chi connectivity index (χ1n) is 8.04. The SMILES string of the molecule is COC(=O)[C@@]1(C)CC(C)(C)[C@H]2C1=C(C=O)[C@H](C)C[C@@H]2OC(C)=O. The third kappa shape index (κ3) is 2.70. The van der Waals surface area contributed by atoms with Crippen molar-refractivity contribution < 1.29 is 23.9 Å². The first kappa shape index (κ1) is 17.7. The molecule has 0 radical (unpaired) electrons. The van der Waals surface area contributed by atoms with Gasteiger partial charge in [0.15, 0.2) is 0 Å². The molecule has 0 amide bonds. The molecular formula is C18H26O5. The van der Waals surface area contributed by atoms with Crippen LogP contribution in [0.3, 0.4) is 0 Å². The third-order valence-electron chi connectivity index (χ3n) is 5.44. The Morgan fingerprint density at radius 3 is 2.35 bits per heavy atom. The van der Waals surface area contributed by atoms with Gasteiger partial charge < -0.3 is 9.47 Å². The molecule has 0 aromatic rings. The van der Waals surface area contributed by atoms with Crippen molar-refractivity contribution in [2.45, 2.75) is 53.6 Å². The fraction of sp³-hybridized carbons (Fsp3) is 0.722. The van der Waals surface area contributed by atoms with Crippen molar-refractivity contribution in [3.63, 3.8) is 0 Å². The van der Waals surface area contributed by atoms with Crippen molar-refractivity contribution >= 4 is 18.2 Å². The number of hydrogen-bond acceptors (Lipinski definition) is 5. The van der Waals surface area contributed by atoms with Crippen LogP contribution in [0.5, 0.6) is 0 Å². The van der Waals surface area contributed by atoms with Gasteiger partial charge in [0.2, 0.25) is 0 Å². The molecular weight excluding hydrogens is 296 g/mol. The summed E-state index contributed by atoms with van der Waals surface area (Å²) in [6.45, 7) is 9.28. The van der Waals surface area contributed by atoms with Gasteiger partial charge in [-0.3, -0.25) is 14.4 Å². The molecule has 5 heteroatoms. The Morgan fingerprint density at radius 1 is 1.26 bits per heavy atom. The number of carbonyl (C=O) groups excluding carboxylic acids is 3. The summed E-state index contributed by atoms with van der Waals surface area (Å²) in [4.78, 5) is 35.8. The predicted octanol–water partition coefficient (Wildman–Crippen LogP) is 2.68. The lowest BCUT2D eigenvalue weighted by atomic mass is 9.67. The van der Waals surface area contributed by atoms with Gasteiger partial charge in [0, 0.05) is 12.8 Å². The summed E-state index contributed by atoms with van der Waals surface area (Å²) >= 11 is 0. The van der Waals surface area contributed by atoms with Gasteiger partial charge in [0.05, 0.1) is 12.5 Å². The number of fused-ring (bicyclic) bond motifs is 1. The molecule has 0 aromatic heterocycles. The highest BCUT2D eigenvalue weighted by Crippen LogP contribution is 2.62. The van der Waals surface area contributed by atoms with E-state index >= 15 is 0 Å². The standard InChI is InChI=1S/C18H26O5/c1-10-7-13(23-11(2)20)15-14(12(10)8-19)18(5,16(21)22-6)9-17(15,3)4/h8,10,13,15H,7,9H2,1-6H3/t10-,13+,15-,18+/m1/s1. The van der Waals surface area contributed by atoms with Crippen LogP contribution in [-0.2, 0) is 23.9 Å². The lowest BCUT2D eigenvalue weighted by Crippen LogP contribution is -2.41. The Kier molecular flexibility index (Phi) is 4.44. The normalized spacial score (nSPS) is 35.5. The van der Waals surface area contributed by atoms with E-state index in [1.165, 1.54) is 14.0 Å². The maximum absolute atomic E-state index is 12.5. The summed E-state index contributed by atoms with van der Waals surface area (Å²) in [5.41, 5.74) is 0.338. The second-order valence-corrected chi connectivity index (χ2v) is 7.74. The molecule has 0 aliphatic heterocycles. The molecule has 0 spiro atoms. The molecule has 5 nitrogen and oxygen atoms in total. The number of methoxy groups -OCH3 is 1. The quantitative estimate of drug-likeness (QED) is 0.590. The van der Waals surface area contributed by atoms with E-state index < -0.39 is 5.41 Å². The Bertz CT molecular complexity index is 574. The van der Waals surface area contributed by atoms with E-state index in [9.17, 15) is 14.4 Å². The molecule has 0 aromatic carbocycles. The second-order valence-electron chi connectivity index (χ2n) is 7.74. The van der Waals surface area contributed by atoms with Gasteiger partial charge >= 0.3 is 11.9 Å². The summed E-state index contributed by atoms with van der Waals surface area (Å²) in [5.74, 6) is -0.871. The van der Waals surface area contributed by atoms with Crippen LogP contribution in [0.1, 0.15) is 47.5 Å². The van der Waals surface area contributed by atoms with Crippen LogP contribution in [0, 0.1) is 22.7 Å². The van der Waals surface area contributed by atoms with Gasteiger partial charge in [-0.15, -0.1) is 0 Å². The highest BCUT2D eigenvalue weighted by atomic mass is 16.5. The van der Waals surface area contributed by atoms with Gasteiger partial charge in [-0.25, -0.2) is 0 Å². The zero-order valence-electron chi connectivity index (χ0n) is 14.8. The maximum atomic E-state index is 12.5. The minimum atomic E-state index is -0.855. The Balaban J connectivity index is 2.66. The van der Waals surface area contributed by atoms with Crippen molar-refractivity contribution in [3.8, 4) is 0 Å². The van der Waals surface area contributed by atoms with Crippen LogP contribution in [0.15, 0.2) is 11.1 Å². The largest absolute Gasteiger partial charge is 0.468 e.